The third-order valence-corrected chi connectivity index (χ3v) is 4.50. The van der Waals surface area contributed by atoms with E-state index in [1.54, 1.807) is 4.68 Å². The molecule has 2 N–H and O–H groups in total. The molecule has 0 aliphatic heterocycles. The standard InChI is InChI=1S/C22H26N4O.ClH/c1-4-23-17(3)14-24-22(27)20-15-26(18-11-6-5-7-12-18)25-21(20)19-13-9-8-10-16(19)2;/h5-13,15,17,23H,4,14H2,1-3H3,(H,24,27);1H/t17-;/m1./s1. The Kier molecular flexibility index (Phi) is 7.79. The minimum atomic E-state index is -0.111. The first-order valence-corrected chi connectivity index (χ1v) is 9.32. The van der Waals surface area contributed by atoms with Crippen molar-refractivity contribution < 1.29 is 4.79 Å². The number of benzene rings is 2. The lowest BCUT2D eigenvalue weighted by molar-refractivity contribution is 0.0951. The summed E-state index contributed by atoms with van der Waals surface area (Å²) in [5.41, 5.74) is 4.26. The lowest BCUT2D eigenvalue weighted by Gasteiger charge is -2.13. The molecule has 0 unspecified atom stereocenters. The molecule has 0 saturated heterocycles. The number of aryl methyl sites for hydroxylation is 1. The van der Waals surface area contributed by atoms with Gasteiger partial charge in [-0.2, -0.15) is 5.10 Å². The SMILES string of the molecule is CCN[C@H](C)CNC(=O)c1cn(-c2ccccc2)nc1-c1ccccc1C.Cl. The van der Waals surface area contributed by atoms with Gasteiger partial charge < -0.3 is 10.6 Å². The van der Waals surface area contributed by atoms with Crippen molar-refractivity contribution in [3.63, 3.8) is 0 Å². The van der Waals surface area contributed by atoms with E-state index in [1.165, 1.54) is 0 Å². The van der Waals surface area contributed by atoms with E-state index in [1.807, 2.05) is 67.7 Å². The molecule has 0 fully saturated rings. The van der Waals surface area contributed by atoms with Gasteiger partial charge >= 0.3 is 0 Å². The third-order valence-electron chi connectivity index (χ3n) is 4.50. The molecule has 0 radical (unpaired) electrons. The first-order valence-electron chi connectivity index (χ1n) is 9.32. The van der Waals surface area contributed by atoms with E-state index in [0.29, 0.717) is 17.8 Å². The summed E-state index contributed by atoms with van der Waals surface area (Å²) < 4.78 is 1.77. The van der Waals surface area contributed by atoms with Crippen molar-refractivity contribution in [2.24, 2.45) is 0 Å². The molecule has 0 bridgehead atoms. The fraction of sp³-hybridized carbons (Fsp3) is 0.273. The van der Waals surface area contributed by atoms with Gasteiger partial charge in [0.1, 0.15) is 5.69 Å². The second kappa shape index (κ2) is 10.1. The predicted molar refractivity (Wildman–Crippen MR) is 116 cm³/mol. The van der Waals surface area contributed by atoms with Crippen LogP contribution in [0.15, 0.2) is 60.8 Å². The van der Waals surface area contributed by atoms with E-state index in [2.05, 4.69) is 24.5 Å². The number of halogens is 1. The number of para-hydroxylation sites is 1. The molecule has 1 aromatic heterocycles. The van der Waals surface area contributed by atoms with Crippen LogP contribution >= 0.6 is 12.4 Å². The molecule has 0 aliphatic rings. The number of likely N-dealkylation sites (N-methyl/N-ethyl adjacent to an activating group) is 1. The minimum absolute atomic E-state index is 0. The highest BCUT2D eigenvalue weighted by Crippen LogP contribution is 2.26. The summed E-state index contributed by atoms with van der Waals surface area (Å²) in [6.45, 7) is 7.58. The number of aromatic nitrogens is 2. The molecule has 1 atom stereocenters. The summed E-state index contributed by atoms with van der Waals surface area (Å²) >= 11 is 0. The lowest BCUT2D eigenvalue weighted by atomic mass is 10.0. The molecule has 5 nitrogen and oxygen atoms in total. The fourth-order valence-corrected chi connectivity index (χ4v) is 3.05. The number of carbonyl (C=O) groups is 1. The average Bonchev–Trinajstić information content (AvgIpc) is 3.13. The summed E-state index contributed by atoms with van der Waals surface area (Å²) in [6.07, 6.45) is 1.81. The first-order chi connectivity index (χ1) is 13.1. The van der Waals surface area contributed by atoms with E-state index < -0.39 is 0 Å². The number of rotatable bonds is 7. The topological polar surface area (TPSA) is 58.9 Å². The quantitative estimate of drug-likeness (QED) is 0.632. The van der Waals surface area contributed by atoms with Crippen molar-refractivity contribution in [3.05, 3.63) is 71.9 Å². The number of nitrogens with one attached hydrogen (secondary N) is 2. The van der Waals surface area contributed by atoms with Crippen LogP contribution in [0.5, 0.6) is 0 Å². The van der Waals surface area contributed by atoms with Crippen LogP contribution in [0.2, 0.25) is 0 Å². The van der Waals surface area contributed by atoms with Gasteiger partial charge in [-0.05, 0) is 38.1 Å². The number of hydrogen-bond acceptors (Lipinski definition) is 3. The van der Waals surface area contributed by atoms with E-state index >= 15 is 0 Å². The monoisotopic (exact) mass is 398 g/mol. The van der Waals surface area contributed by atoms with Crippen LogP contribution in [-0.2, 0) is 0 Å². The Labute approximate surface area is 172 Å². The normalized spacial score (nSPS) is 11.5. The number of amides is 1. The maximum absolute atomic E-state index is 12.9. The molecule has 3 aromatic rings. The Morgan fingerprint density at radius 1 is 1.11 bits per heavy atom. The fourth-order valence-electron chi connectivity index (χ4n) is 3.05. The van der Waals surface area contributed by atoms with E-state index in [4.69, 9.17) is 5.10 Å². The highest BCUT2D eigenvalue weighted by Gasteiger charge is 2.20. The third kappa shape index (κ3) is 5.00. The Balaban J connectivity index is 0.00000280. The molecule has 2 aromatic carbocycles. The van der Waals surface area contributed by atoms with Gasteiger partial charge in [0.15, 0.2) is 0 Å². The van der Waals surface area contributed by atoms with Crippen molar-refractivity contribution in [2.75, 3.05) is 13.1 Å². The number of carbonyl (C=O) groups excluding carboxylic acids is 1. The zero-order valence-electron chi connectivity index (χ0n) is 16.5. The van der Waals surface area contributed by atoms with Crippen LogP contribution in [-0.4, -0.2) is 34.8 Å². The van der Waals surface area contributed by atoms with Crippen LogP contribution in [0.25, 0.3) is 16.9 Å². The summed E-state index contributed by atoms with van der Waals surface area (Å²) in [7, 11) is 0. The zero-order chi connectivity index (χ0) is 19.2. The molecule has 148 valence electrons. The van der Waals surface area contributed by atoms with Gasteiger partial charge in [-0.25, -0.2) is 4.68 Å². The molecular formula is C22H27ClN4O. The maximum Gasteiger partial charge on any atom is 0.255 e. The summed E-state index contributed by atoms with van der Waals surface area (Å²) in [6, 6.07) is 18.0. The molecule has 0 aliphatic carbocycles. The van der Waals surface area contributed by atoms with Gasteiger partial charge in [0, 0.05) is 24.3 Å². The number of nitrogens with zero attached hydrogens (tertiary/aromatic N) is 2. The minimum Gasteiger partial charge on any atom is -0.350 e. The lowest BCUT2D eigenvalue weighted by Crippen LogP contribution is -2.38. The second-order valence-electron chi connectivity index (χ2n) is 6.66. The van der Waals surface area contributed by atoms with Crippen molar-refractivity contribution in [1.82, 2.24) is 20.4 Å². The largest absolute Gasteiger partial charge is 0.350 e. The van der Waals surface area contributed by atoms with Crippen molar-refractivity contribution in [2.45, 2.75) is 26.8 Å². The van der Waals surface area contributed by atoms with Crippen LogP contribution in [0.3, 0.4) is 0 Å². The Hall–Kier alpha value is -2.63. The van der Waals surface area contributed by atoms with E-state index in [9.17, 15) is 4.79 Å². The zero-order valence-corrected chi connectivity index (χ0v) is 17.3. The van der Waals surface area contributed by atoms with Gasteiger partial charge in [0.25, 0.3) is 5.91 Å². The van der Waals surface area contributed by atoms with E-state index in [0.717, 1.165) is 23.4 Å². The number of hydrogen-bond donors (Lipinski definition) is 2. The second-order valence-corrected chi connectivity index (χ2v) is 6.66. The van der Waals surface area contributed by atoms with Crippen LogP contribution in [0, 0.1) is 6.92 Å². The Morgan fingerprint density at radius 2 is 1.79 bits per heavy atom. The molecule has 0 spiro atoms. The summed E-state index contributed by atoms with van der Waals surface area (Å²) in [4.78, 5) is 12.9. The van der Waals surface area contributed by atoms with Crippen molar-refractivity contribution >= 4 is 18.3 Å². The van der Waals surface area contributed by atoms with Gasteiger partial charge in [-0.15, -0.1) is 12.4 Å². The first kappa shape index (κ1) is 21.7. The molecule has 6 heteroatoms. The molecule has 3 rings (SSSR count). The van der Waals surface area contributed by atoms with E-state index in [-0.39, 0.29) is 24.4 Å². The molecule has 1 amide bonds. The van der Waals surface area contributed by atoms with Crippen LogP contribution < -0.4 is 10.6 Å². The highest BCUT2D eigenvalue weighted by atomic mass is 35.5. The highest BCUT2D eigenvalue weighted by molar-refractivity contribution is 6.00. The molecule has 1 heterocycles. The molecule has 0 saturated carbocycles. The predicted octanol–water partition coefficient (Wildman–Crippen LogP) is 4.00. The van der Waals surface area contributed by atoms with Gasteiger partial charge in [-0.3, -0.25) is 4.79 Å². The smallest absolute Gasteiger partial charge is 0.255 e. The molecule has 28 heavy (non-hydrogen) atoms. The van der Waals surface area contributed by atoms with Gasteiger partial charge in [-0.1, -0.05) is 49.4 Å². The Morgan fingerprint density at radius 3 is 2.46 bits per heavy atom. The van der Waals surface area contributed by atoms with Crippen LogP contribution in [0.4, 0.5) is 0 Å². The maximum atomic E-state index is 12.9. The summed E-state index contributed by atoms with van der Waals surface area (Å²) in [5.74, 6) is -0.111. The Bertz CT molecular complexity index is 908. The van der Waals surface area contributed by atoms with Gasteiger partial charge in [0.05, 0.1) is 11.3 Å². The molecular weight excluding hydrogens is 372 g/mol. The van der Waals surface area contributed by atoms with Crippen LogP contribution in [0.1, 0.15) is 29.8 Å². The van der Waals surface area contributed by atoms with Gasteiger partial charge in [0.2, 0.25) is 0 Å². The average molecular weight is 399 g/mol. The van der Waals surface area contributed by atoms with Crippen molar-refractivity contribution in [3.8, 4) is 16.9 Å². The summed E-state index contributed by atoms with van der Waals surface area (Å²) in [5, 5.41) is 11.1. The van der Waals surface area contributed by atoms with Crippen molar-refractivity contribution in [1.29, 1.82) is 0 Å².